The van der Waals surface area contributed by atoms with E-state index in [-0.39, 0.29) is 5.56 Å². The van der Waals surface area contributed by atoms with Crippen LogP contribution in [-0.2, 0) is 13.0 Å². The van der Waals surface area contributed by atoms with E-state index in [1.807, 2.05) is 19.1 Å². The highest BCUT2D eigenvalue weighted by molar-refractivity contribution is 5.83. The fraction of sp³-hybridized carbons (Fsp3) is 0.483. The van der Waals surface area contributed by atoms with Gasteiger partial charge in [0.2, 0.25) is 0 Å². The van der Waals surface area contributed by atoms with Crippen molar-refractivity contribution in [3.8, 4) is 0 Å². The van der Waals surface area contributed by atoms with Gasteiger partial charge in [-0.15, -0.1) is 0 Å². The molecule has 0 amide bonds. The van der Waals surface area contributed by atoms with Gasteiger partial charge in [-0.05, 0) is 87.5 Å². The van der Waals surface area contributed by atoms with Crippen LogP contribution >= 0.6 is 0 Å². The Bertz CT molecular complexity index is 1270. The van der Waals surface area contributed by atoms with Gasteiger partial charge in [0.25, 0.3) is 5.56 Å². The van der Waals surface area contributed by atoms with Gasteiger partial charge < -0.3 is 9.80 Å². The summed E-state index contributed by atoms with van der Waals surface area (Å²) in [6.07, 6.45) is 9.80. The smallest absolute Gasteiger partial charge is 0.261 e. The van der Waals surface area contributed by atoms with E-state index >= 15 is 0 Å². The Labute approximate surface area is 208 Å². The summed E-state index contributed by atoms with van der Waals surface area (Å²) in [7, 11) is 2.19. The molecule has 0 radical (unpaired) electrons. The van der Waals surface area contributed by atoms with E-state index in [9.17, 15) is 4.79 Å². The van der Waals surface area contributed by atoms with Gasteiger partial charge in [-0.1, -0.05) is 18.6 Å². The topological polar surface area (TPSA) is 54.3 Å². The van der Waals surface area contributed by atoms with Crippen LogP contribution in [-0.4, -0.2) is 57.6 Å². The largest absolute Gasteiger partial charge is 0.378 e. The molecule has 2 aliphatic heterocycles. The molecule has 0 atom stereocenters. The average molecular weight is 472 g/mol. The van der Waals surface area contributed by atoms with E-state index < -0.39 is 0 Å². The molecule has 2 fully saturated rings. The number of allylic oxidation sites excluding steroid dienone is 2. The average Bonchev–Trinajstić information content (AvgIpc) is 2.88. The minimum absolute atomic E-state index is 0.0592. The van der Waals surface area contributed by atoms with Crippen molar-refractivity contribution in [1.29, 1.82) is 0 Å². The molecule has 1 aromatic carbocycles. The number of aryl methyl sites for hydroxylation is 1. The lowest BCUT2D eigenvalue weighted by Crippen LogP contribution is -2.34. The van der Waals surface area contributed by atoms with E-state index in [1.165, 1.54) is 43.4 Å². The third-order valence-corrected chi connectivity index (χ3v) is 7.55. The summed E-state index contributed by atoms with van der Waals surface area (Å²) < 4.78 is 1.79. The van der Waals surface area contributed by atoms with Crippen molar-refractivity contribution < 1.29 is 0 Å². The highest BCUT2D eigenvalue weighted by Gasteiger charge is 2.19. The van der Waals surface area contributed by atoms with Crippen LogP contribution in [0.4, 0.5) is 0 Å². The number of hydrogen-bond acceptors (Lipinski definition) is 5. The predicted molar refractivity (Wildman–Crippen MR) is 142 cm³/mol. The minimum atomic E-state index is 0.0592. The van der Waals surface area contributed by atoms with Crippen molar-refractivity contribution in [2.24, 2.45) is 0 Å². The minimum Gasteiger partial charge on any atom is -0.378 e. The maximum atomic E-state index is 13.5. The monoisotopic (exact) mass is 471 g/mol. The number of likely N-dealkylation sites (tertiary alicyclic amines) is 2. The van der Waals surface area contributed by atoms with Crippen molar-refractivity contribution >= 4 is 16.5 Å². The van der Waals surface area contributed by atoms with E-state index in [2.05, 4.69) is 46.1 Å². The number of piperidine rings is 2. The van der Waals surface area contributed by atoms with Crippen LogP contribution in [0.15, 0.2) is 53.2 Å². The molecule has 0 spiro atoms. The van der Waals surface area contributed by atoms with Crippen molar-refractivity contribution in [2.75, 3.05) is 33.2 Å². The molecule has 3 aromatic rings. The number of nitrogens with zero attached hydrogens (tertiary/aromatic N) is 5. The Morgan fingerprint density at radius 2 is 1.80 bits per heavy atom. The molecule has 0 bridgehead atoms. The Morgan fingerprint density at radius 1 is 0.971 bits per heavy atom. The van der Waals surface area contributed by atoms with Gasteiger partial charge in [-0.25, -0.2) is 4.98 Å². The number of aromatic nitrogens is 3. The Balaban J connectivity index is 1.51. The van der Waals surface area contributed by atoms with Crippen LogP contribution < -0.4 is 5.56 Å². The lowest BCUT2D eigenvalue weighted by molar-refractivity contribution is 0.220. The number of hydrogen-bond donors (Lipinski definition) is 0. The van der Waals surface area contributed by atoms with Crippen molar-refractivity contribution in [3.05, 3.63) is 75.7 Å². The van der Waals surface area contributed by atoms with Gasteiger partial charge in [-0.3, -0.25) is 14.3 Å². The molecule has 4 heterocycles. The molecular weight excluding hydrogens is 434 g/mol. The van der Waals surface area contributed by atoms with Gasteiger partial charge in [-0.2, -0.15) is 0 Å². The lowest BCUT2D eigenvalue weighted by Gasteiger charge is -2.31. The molecule has 0 unspecified atom stereocenters. The molecular formula is C29H37N5O. The molecule has 2 saturated heterocycles. The normalized spacial score (nSPS) is 18.7. The molecule has 6 heteroatoms. The van der Waals surface area contributed by atoms with Gasteiger partial charge in [0.05, 0.1) is 17.2 Å². The maximum absolute atomic E-state index is 13.5. The van der Waals surface area contributed by atoms with Crippen LogP contribution in [0.5, 0.6) is 0 Å². The summed E-state index contributed by atoms with van der Waals surface area (Å²) in [6.45, 7) is 6.98. The molecule has 0 aliphatic carbocycles. The fourth-order valence-electron chi connectivity index (χ4n) is 5.54. The first-order valence-electron chi connectivity index (χ1n) is 13.2. The van der Waals surface area contributed by atoms with Gasteiger partial charge in [0, 0.05) is 50.2 Å². The summed E-state index contributed by atoms with van der Waals surface area (Å²) in [5, 5.41) is 0.706. The van der Waals surface area contributed by atoms with E-state index in [0.29, 0.717) is 11.9 Å². The zero-order chi connectivity index (χ0) is 24.2. The zero-order valence-electron chi connectivity index (χ0n) is 21.2. The highest BCUT2D eigenvalue weighted by atomic mass is 16.1. The van der Waals surface area contributed by atoms with Crippen molar-refractivity contribution in [2.45, 2.75) is 58.4 Å². The SMILES string of the molecule is Cc1cccc(C/C(=C2/CCCCN2C)c2ccc3ncn(CCN4CCCCC4)c(=O)c3c2)n1. The van der Waals surface area contributed by atoms with Crippen molar-refractivity contribution in [3.63, 3.8) is 0 Å². The summed E-state index contributed by atoms with van der Waals surface area (Å²) in [5.74, 6) is 0. The summed E-state index contributed by atoms with van der Waals surface area (Å²) in [6, 6.07) is 12.4. The molecule has 0 saturated carbocycles. The molecule has 0 N–H and O–H groups in total. The highest BCUT2D eigenvalue weighted by Crippen LogP contribution is 2.31. The van der Waals surface area contributed by atoms with E-state index in [0.717, 1.165) is 61.5 Å². The van der Waals surface area contributed by atoms with Gasteiger partial charge in [0.1, 0.15) is 0 Å². The quantitative estimate of drug-likeness (QED) is 0.524. The first-order chi connectivity index (χ1) is 17.1. The first kappa shape index (κ1) is 23.7. The van der Waals surface area contributed by atoms with Gasteiger partial charge >= 0.3 is 0 Å². The van der Waals surface area contributed by atoms with Crippen molar-refractivity contribution in [1.82, 2.24) is 24.3 Å². The van der Waals surface area contributed by atoms with Crippen LogP contribution in [0, 0.1) is 6.92 Å². The number of pyridine rings is 1. The Kier molecular flexibility index (Phi) is 7.28. The molecule has 2 aromatic heterocycles. The third-order valence-electron chi connectivity index (χ3n) is 7.55. The summed E-state index contributed by atoms with van der Waals surface area (Å²) in [4.78, 5) is 27.8. The Morgan fingerprint density at radius 3 is 2.60 bits per heavy atom. The standard InChI is InChI=1S/C29H37N5O/c1-22-9-8-10-24(31-22)20-25(28-11-4-7-14-32(28)2)23-12-13-27-26(19-23)29(35)34(21-30-27)18-17-33-15-5-3-6-16-33/h8-10,12-13,19,21H,3-7,11,14-18,20H2,1-2H3/b28-25+. The molecule has 2 aliphatic rings. The molecule has 35 heavy (non-hydrogen) atoms. The summed E-state index contributed by atoms with van der Waals surface area (Å²) >= 11 is 0. The van der Waals surface area contributed by atoms with E-state index in [1.54, 1.807) is 10.9 Å². The molecule has 6 nitrogen and oxygen atoms in total. The lowest BCUT2D eigenvalue weighted by atomic mass is 9.93. The summed E-state index contributed by atoms with van der Waals surface area (Å²) in [5.41, 5.74) is 6.67. The molecule has 5 rings (SSSR count). The second kappa shape index (κ2) is 10.7. The van der Waals surface area contributed by atoms with Crippen LogP contribution in [0.3, 0.4) is 0 Å². The van der Waals surface area contributed by atoms with Crippen LogP contribution in [0.2, 0.25) is 0 Å². The second-order valence-corrected chi connectivity index (χ2v) is 10.1. The van der Waals surface area contributed by atoms with Crippen LogP contribution in [0.1, 0.15) is 55.5 Å². The Hall–Kier alpha value is -2.99. The molecule has 184 valence electrons. The first-order valence-corrected chi connectivity index (χ1v) is 13.2. The number of benzene rings is 1. The fourth-order valence-corrected chi connectivity index (χ4v) is 5.54. The third kappa shape index (κ3) is 5.48. The zero-order valence-corrected chi connectivity index (χ0v) is 21.2. The second-order valence-electron chi connectivity index (χ2n) is 10.1. The van der Waals surface area contributed by atoms with Crippen LogP contribution in [0.25, 0.3) is 16.5 Å². The predicted octanol–water partition coefficient (Wildman–Crippen LogP) is 4.66. The van der Waals surface area contributed by atoms with E-state index in [4.69, 9.17) is 4.98 Å². The number of rotatable bonds is 6. The van der Waals surface area contributed by atoms with Gasteiger partial charge in [0.15, 0.2) is 0 Å². The number of fused-ring (bicyclic) bond motifs is 1. The maximum Gasteiger partial charge on any atom is 0.261 e.